The topological polar surface area (TPSA) is 62.6 Å². The molecule has 102 valence electrons. The molecule has 6 heteroatoms. The molecule has 1 aliphatic heterocycles. The Kier molecular flexibility index (Phi) is 4.79. The van der Waals surface area contributed by atoms with Gasteiger partial charge in [0, 0.05) is 19.6 Å². The summed E-state index contributed by atoms with van der Waals surface area (Å²) in [4.78, 5) is 2.21. The van der Waals surface area contributed by atoms with Crippen LogP contribution >= 0.6 is 0 Å². The standard InChI is InChI=1S/C12H20N2O3S/c15-18(16)9-2-5-14(7-10-18)6-4-13-11-12-3-1-8-17-12/h1,3,8,13H,2,4-7,9-11H2. The minimum Gasteiger partial charge on any atom is -0.468 e. The van der Waals surface area contributed by atoms with E-state index in [1.165, 1.54) is 0 Å². The van der Waals surface area contributed by atoms with Gasteiger partial charge in [-0.3, -0.25) is 0 Å². The van der Waals surface area contributed by atoms with E-state index in [4.69, 9.17) is 4.42 Å². The van der Waals surface area contributed by atoms with Crippen LogP contribution in [0.3, 0.4) is 0 Å². The molecule has 0 amide bonds. The third-order valence-electron chi connectivity index (χ3n) is 3.13. The Hall–Kier alpha value is -0.850. The van der Waals surface area contributed by atoms with E-state index < -0.39 is 9.84 Å². The number of furan rings is 1. The van der Waals surface area contributed by atoms with Crippen LogP contribution in [0, 0.1) is 0 Å². The highest BCUT2D eigenvalue weighted by Gasteiger charge is 2.18. The maximum Gasteiger partial charge on any atom is 0.151 e. The highest BCUT2D eigenvalue weighted by Crippen LogP contribution is 2.04. The first kappa shape index (κ1) is 13.6. The molecule has 0 bridgehead atoms. The summed E-state index contributed by atoms with van der Waals surface area (Å²) in [5.41, 5.74) is 0. The van der Waals surface area contributed by atoms with Gasteiger partial charge in [-0.15, -0.1) is 0 Å². The lowest BCUT2D eigenvalue weighted by atomic mass is 10.4. The fraction of sp³-hybridized carbons (Fsp3) is 0.667. The molecule has 1 aliphatic rings. The van der Waals surface area contributed by atoms with Gasteiger partial charge in [-0.2, -0.15) is 0 Å². The van der Waals surface area contributed by atoms with Gasteiger partial charge in [-0.25, -0.2) is 8.42 Å². The molecule has 0 aliphatic carbocycles. The maximum absolute atomic E-state index is 11.4. The van der Waals surface area contributed by atoms with Gasteiger partial charge in [0.15, 0.2) is 9.84 Å². The van der Waals surface area contributed by atoms with E-state index in [-0.39, 0.29) is 0 Å². The summed E-state index contributed by atoms with van der Waals surface area (Å²) >= 11 is 0. The SMILES string of the molecule is O=S1(=O)CCCN(CCNCc2ccco2)CC1. The summed E-state index contributed by atoms with van der Waals surface area (Å²) in [5, 5.41) is 3.29. The zero-order valence-electron chi connectivity index (χ0n) is 10.5. The highest BCUT2D eigenvalue weighted by atomic mass is 32.2. The Bertz CT molecular complexity index is 442. The summed E-state index contributed by atoms with van der Waals surface area (Å²) < 4.78 is 28.1. The Balaban J connectivity index is 1.64. The molecule has 1 aromatic heterocycles. The second-order valence-corrected chi connectivity index (χ2v) is 6.91. The van der Waals surface area contributed by atoms with Crippen molar-refractivity contribution in [2.45, 2.75) is 13.0 Å². The van der Waals surface area contributed by atoms with Crippen LogP contribution in [0.4, 0.5) is 0 Å². The summed E-state index contributed by atoms with van der Waals surface area (Å²) in [7, 11) is -2.80. The van der Waals surface area contributed by atoms with Gasteiger partial charge in [-0.1, -0.05) is 0 Å². The molecule has 1 fully saturated rings. The van der Waals surface area contributed by atoms with Crippen molar-refractivity contribution < 1.29 is 12.8 Å². The first-order valence-electron chi connectivity index (χ1n) is 6.32. The van der Waals surface area contributed by atoms with Crippen LogP contribution in [-0.2, 0) is 16.4 Å². The summed E-state index contributed by atoms with van der Waals surface area (Å²) in [5.74, 6) is 1.56. The molecular weight excluding hydrogens is 252 g/mol. The van der Waals surface area contributed by atoms with Crippen molar-refractivity contribution in [2.75, 3.05) is 37.7 Å². The number of nitrogens with zero attached hydrogens (tertiary/aromatic N) is 1. The van der Waals surface area contributed by atoms with Crippen molar-refractivity contribution in [2.24, 2.45) is 0 Å². The average molecular weight is 272 g/mol. The minimum absolute atomic E-state index is 0.297. The first-order chi connectivity index (χ1) is 8.66. The molecule has 0 spiro atoms. The van der Waals surface area contributed by atoms with Crippen molar-refractivity contribution in [3.8, 4) is 0 Å². The van der Waals surface area contributed by atoms with E-state index in [0.29, 0.717) is 18.1 Å². The van der Waals surface area contributed by atoms with Gasteiger partial charge in [0.05, 0.1) is 24.3 Å². The van der Waals surface area contributed by atoms with E-state index in [1.54, 1.807) is 6.26 Å². The molecule has 1 saturated heterocycles. The molecule has 2 heterocycles. The third kappa shape index (κ3) is 4.44. The average Bonchev–Trinajstić information content (AvgIpc) is 2.77. The van der Waals surface area contributed by atoms with Gasteiger partial charge in [-0.05, 0) is 25.1 Å². The van der Waals surface area contributed by atoms with Crippen LogP contribution < -0.4 is 5.32 Å². The zero-order valence-corrected chi connectivity index (χ0v) is 11.3. The van der Waals surface area contributed by atoms with Gasteiger partial charge in [0.1, 0.15) is 5.76 Å². The molecule has 5 nitrogen and oxygen atoms in total. The number of hydrogen-bond donors (Lipinski definition) is 1. The molecule has 1 N–H and O–H groups in total. The molecular formula is C12H20N2O3S. The molecule has 1 aromatic rings. The van der Waals surface area contributed by atoms with Crippen molar-refractivity contribution >= 4 is 9.84 Å². The largest absolute Gasteiger partial charge is 0.468 e. The molecule has 0 aromatic carbocycles. The van der Waals surface area contributed by atoms with Crippen LogP contribution in [0.15, 0.2) is 22.8 Å². The molecule has 0 saturated carbocycles. The van der Waals surface area contributed by atoms with Crippen molar-refractivity contribution in [1.29, 1.82) is 0 Å². The second-order valence-electron chi connectivity index (χ2n) is 4.60. The first-order valence-corrected chi connectivity index (χ1v) is 8.14. The van der Waals surface area contributed by atoms with Crippen molar-refractivity contribution in [1.82, 2.24) is 10.2 Å². The van der Waals surface area contributed by atoms with Gasteiger partial charge >= 0.3 is 0 Å². The van der Waals surface area contributed by atoms with E-state index in [1.807, 2.05) is 12.1 Å². The summed E-state index contributed by atoms with van der Waals surface area (Å²) in [6, 6.07) is 3.81. The van der Waals surface area contributed by atoms with Gasteiger partial charge in [0.2, 0.25) is 0 Å². The molecule has 0 unspecified atom stereocenters. The van der Waals surface area contributed by atoms with Gasteiger partial charge in [0.25, 0.3) is 0 Å². The van der Waals surface area contributed by atoms with Crippen LogP contribution in [0.1, 0.15) is 12.2 Å². The zero-order chi connectivity index (χ0) is 12.8. The van der Waals surface area contributed by atoms with Crippen LogP contribution in [-0.4, -0.2) is 51.0 Å². The fourth-order valence-electron chi connectivity index (χ4n) is 2.08. The number of nitrogens with one attached hydrogen (secondary N) is 1. The van der Waals surface area contributed by atoms with Crippen LogP contribution in [0.25, 0.3) is 0 Å². The smallest absolute Gasteiger partial charge is 0.151 e. The van der Waals surface area contributed by atoms with E-state index in [0.717, 1.165) is 38.4 Å². The molecule has 0 radical (unpaired) electrons. The van der Waals surface area contributed by atoms with Crippen molar-refractivity contribution in [3.05, 3.63) is 24.2 Å². The Morgan fingerprint density at radius 2 is 2.22 bits per heavy atom. The second kappa shape index (κ2) is 6.36. The Morgan fingerprint density at radius 3 is 3.00 bits per heavy atom. The molecule has 0 atom stereocenters. The Labute approximate surface area is 108 Å². The quantitative estimate of drug-likeness (QED) is 0.790. The predicted octanol–water partition coefficient (Wildman–Crippen LogP) is 0.490. The predicted molar refractivity (Wildman–Crippen MR) is 70.1 cm³/mol. The lowest BCUT2D eigenvalue weighted by Gasteiger charge is -2.18. The fourth-order valence-corrected chi connectivity index (χ4v) is 3.39. The van der Waals surface area contributed by atoms with Crippen LogP contribution in [0.5, 0.6) is 0 Å². The Morgan fingerprint density at radius 1 is 1.33 bits per heavy atom. The van der Waals surface area contributed by atoms with Crippen molar-refractivity contribution in [3.63, 3.8) is 0 Å². The monoisotopic (exact) mass is 272 g/mol. The minimum atomic E-state index is -2.80. The van der Waals surface area contributed by atoms with E-state index in [9.17, 15) is 8.42 Å². The lowest BCUT2D eigenvalue weighted by molar-refractivity contribution is 0.292. The number of rotatable bonds is 5. The van der Waals surface area contributed by atoms with Gasteiger partial charge < -0.3 is 14.6 Å². The summed E-state index contributed by atoms with van der Waals surface area (Å²) in [6.07, 6.45) is 2.41. The van der Waals surface area contributed by atoms with E-state index >= 15 is 0 Å². The molecule has 2 rings (SSSR count). The lowest BCUT2D eigenvalue weighted by Crippen LogP contribution is -2.34. The molecule has 18 heavy (non-hydrogen) atoms. The maximum atomic E-state index is 11.4. The third-order valence-corrected chi connectivity index (χ3v) is 4.85. The number of sulfone groups is 1. The normalized spacial score (nSPS) is 20.7. The van der Waals surface area contributed by atoms with Crippen LogP contribution in [0.2, 0.25) is 0 Å². The number of hydrogen-bond acceptors (Lipinski definition) is 5. The van der Waals surface area contributed by atoms with E-state index in [2.05, 4.69) is 10.2 Å². The highest BCUT2D eigenvalue weighted by molar-refractivity contribution is 7.91. The summed E-state index contributed by atoms with van der Waals surface area (Å²) in [6.45, 7) is 3.99.